The zero-order chi connectivity index (χ0) is 19.6. The van der Waals surface area contributed by atoms with Crippen molar-refractivity contribution in [2.45, 2.75) is 45.4 Å². The third-order valence-electron chi connectivity index (χ3n) is 4.66. The summed E-state index contributed by atoms with van der Waals surface area (Å²) in [6.07, 6.45) is 2.65. The Morgan fingerprint density at radius 2 is 2.14 bits per heavy atom. The Morgan fingerprint density at radius 1 is 1.39 bits per heavy atom. The molecule has 0 spiro atoms. The van der Waals surface area contributed by atoms with E-state index in [1.807, 2.05) is 6.92 Å². The molecule has 0 aliphatic heterocycles. The van der Waals surface area contributed by atoms with Gasteiger partial charge in [-0.25, -0.2) is 4.98 Å². The van der Waals surface area contributed by atoms with Gasteiger partial charge in [0.05, 0.1) is 25.4 Å². The summed E-state index contributed by atoms with van der Waals surface area (Å²) in [5.41, 5.74) is 1.05. The van der Waals surface area contributed by atoms with Gasteiger partial charge in [-0.1, -0.05) is 0 Å². The Morgan fingerprint density at radius 3 is 2.75 bits per heavy atom. The maximum atomic E-state index is 5.35. The van der Waals surface area contributed by atoms with E-state index in [0.29, 0.717) is 0 Å². The third kappa shape index (κ3) is 8.48. The molecule has 0 radical (unpaired) electrons. The quantitative estimate of drug-likeness (QED) is 0.257. The molecule has 1 aliphatic carbocycles. The zero-order valence-corrected chi connectivity index (χ0v) is 21.0. The second-order valence-corrected chi connectivity index (χ2v) is 7.80. The van der Waals surface area contributed by atoms with Gasteiger partial charge in [-0.3, -0.25) is 9.89 Å². The molecule has 1 unspecified atom stereocenters. The van der Waals surface area contributed by atoms with E-state index in [2.05, 4.69) is 39.5 Å². The molecule has 1 N–H and O–H groups in total. The summed E-state index contributed by atoms with van der Waals surface area (Å²) in [4.78, 5) is 14.1. The maximum Gasteiger partial charge on any atom is 0.194 e. The van der Waals surface area contributed by atoms with Gasteiger partial charge in [0.2, 0.25) is 0 Å². The molecule has 162 valence electrons. The lowest BCUT2D eigenvalue weighted by atomic mass is 10.4. The number of methoxy groups -OCH3 is 2. The van der Waals surface area contributed by atoms with Crippen molar-refractivity contribution in [1.29, 1.82) is 0 Å². The molecule has 1 aromatic heterocycles. The van der Waals surface area contributed by atoms with Gasteiger partial charge in [0.15, 0.2) is 5.96 Å². The van der Waals surface area contributed by atoms with Crippen LogP contribution >= 0.6 is 35.3 Å². The fourth-order valence-electron chi connectivity index (χ4n) is 2.88. The van der Waals surface area contributed by atoms with Gasteiger partial charge in [-0.05, 0) is 26.7 Å². The normalized spacial score (nSPS) is 15.4. The number of halogens is 1. The summed E-state index contributed by atoms with van der Waals surface area (Å²) >= 11 is 1.65. The van der Waals surface area contributed by atoms with Crippen molar-refractivity contribution < 1.29 is 9.47 Å². The topological polar surface area (TPSA) is 62.2 Å². The summed E-state index contributed by atoms with van der Waals surface area (Å²) in [5.74, 6) is 0.925. The molecular formula is C19H36IN5O2S. The van der Waals surface area contributed by atoms with E-state index in [-0.39, 0.29) is 30.1 Å². The standard InChI is InChI=1S/C19H35N5O2S.HI/c1-6-20-19(21-9-10-24(11-12-25-4)17-7-8-17)23(3)13-16-14-27-18(22-16)15(2)26-5;/h14-15,17H,6-13H2,1-5H3,(H,20,21);1H. The van der Waals surface area contributed by atoms with Crippen molar-refractivity contribution in [2.24, 2.45) is 4.99 Å². The smallest absolute Gasteiger partial charge is 0.194 e. The number of rotatable bonds is 12. The molecule has 9 heteroatoms. The molecule has 0 bridgehead atoms. The minimum absolute atomic E-state index is 0. The SMILES string of the molecule is CCNC(=NCCN(CCOC)C1CC1)N(C)Cc1csc(C(C)OC)n1.I. The molecule has 1 saturated carbocycles. The predicted molar refractivity (Wildman–Crippen MR) is 127 cm³/mol. The molecule has 1 atom stereocenters. The van der Waals surface area contributed by atoms with Crippen molar-refractivity contribution in [3.63, 3.8) is 0 Å². The first kappa shape index (κ1) is 25.5. The first-order valence-corrected chi connectivity index (χ1v) is 10.7. The number of ether oxygens (including phenoxy) is 2. The number of nitrogens with zero attached hydrogens (tertiary/aromatic N) is 4. The van der Waals surface area contributed by atoms with Gasteiger partial charge in [0.1, 0.15) is 11.1 Å². The number of hydrogen-bond acceptors (Lipinski definition) is 6. The van der Waals surface area contributed by atoms with E-state index in [1.54, 1.807) is 25.6 Å². The highest BCUT2D eigenvalue weighted by Crippen LogP contribution is 2.26. The first-order chi connectivity index (χ1) is 13.1. The Labute approximate surface area is 190 Å². The monoisotopic (exact) mass is 525 g/mol. The van der Waals surface area contributed by atoms with Crippen molar-refractivity contribution >= 4 is 41.3 Å². The van der Waals surface area contributed by atoms with E-state index < -0.39 is 0 Å². The minimum Gasteiger partial charge on any atom is -0.383 e. The summed E-state index contributed by atoms with van der Waals surface area (Å²) in [7, 11) is 5.54. The largest absolute Gasteiger partial charge is 0.383 e. The van der Waals surface area contributed by atoms with Crippen LogP contribution in [0, 0.1) is 0 Å². The van der Waals surface area contributed by atoms with Crippen LogP contribution in [0.4, 0.5) is 0 Å². The van der Waals surface area contributed by atoms with E-state index in [4.69, 9.17) is 14.5 Å². The second-order valence-electron chi connectivity index (χ2n) is 6.91. The Balaban J connectivity index is 0.00000392. The van der Waals surface area contributed by atoms with Gasteiger partial charge in [-0.2, -0.15) is 0 Å². The molecule has 1 fully saturated rings. The van der Waals surface area contributed by atoms with Crippen LogP contribution in [0.2, 0.25) is 0 Å². The van der Waals surface area contributed by atoms with E-state index >= 15 is 0 Å². The van der Waals surface area contributed by atoms with Crippen LogP contribution in [0.5, 0.6) is 0 Å². The Hall–Kier alpha value is -0.490. The minimum atomic E-state index is 0. The summed E-state index contributed by atoms with van der Waals surface area (Å²) in [6, 6.07) is 0.729. The van der Waals surface area contributed by atoms with Gasteiger partial charge >= 0.3 is 0 Å². The van der Waals surface area contributed by atoms with Crippen molar-refractivity contribution in [2.75, 3.05) is 54.1 Å². The molecule has 7 nitrogen and oxygen atoms in total. The highest BCUT2D eigenvalue weighted by Gasteiger charge is 2.28. The van der Waals surface area contributed by atoms with Crippen molar-refractivity contribution in [3.05, 3.63) is 16.1 Å². The third-order valence-corrected chi connectivity index (χ3v) is 5.72. The second kappa shape index (κ2) is 13.7. The molecule has 0 saturated heterocycles. The van der Waals surface area contributed by atoms with Gasteiger partial charge < -0.3 is 19.7 Å². The number of aromatic nitrogens is 1. The van der Waals surface area contributed by atoms with Gasteiger partial charge in [0, 0.05) is 52.3 Å². The van der Waals surface area contributed by atoms with Crippen molar-refractivity contribution in [1.82, 2.24) is 20.1 Å². The number of nitrogens with one attached hydrogen (secondary N) is 1. The fraction of sp³-hybridized carbons (Fsp3) is 0.789. The van der Waals surface area contributed by atoms with Crippen LogP contribution in [-0.4, -0.2) is 80.8 Å². The van der Waals surface area contributed by atoms with Crippen LogP contribution in [-0.2, 0) is 16.0 Å². The average Bonchev–Trinajstić information content (AvgIpc) is 3.41. The van der Waals surface area contributed by atoms with E-state index in [9.17, 15) is 0 Å². The van der Waals surface area contributed by atoms with Crippen LogP contribution in [0.25, 0.3) is 0 Å². The Bertz CT molecular complexity index is 582. The molecular weight excluding hydrogens is 489 g/mol. The van der Waals surface area contributed by atoms with Gasteiger partial charge in [0.25, 0.3) is 0 Å². The lowest BCUT2D eigenvalue weighted by Crippen LogP contribution is -2.39. The highest BCUT2D eigenvalue weighted by atomic mass is 127. The van der Waals surface area contributed by atoms with Gasteiger partial charge in [-0.15, -0.1) is 35.3 Å². The first-order valence-electron chi connectivity index (χ1n) is 9.78. The lowest BCUT2D eigenvalue weighted by molar-refractivity contribution is 0.119. The molecule has 0 amide bonds. The molecule has 28 heavy (non-hydrogen) atoms. The maximum absolute atomic E-state index is 5.35. The van der Waals surface area contributed by atoms with E-state index in [1.165, 1.54) is 12.8 Å². The zero-order valence-electron chi connectivity index (χ0n) is 17.8. The lowest BCUT2D eigenvalue weighted by Gasteiger charge is -2.23. The van der Waals surface area contributed by atoms with Crippen LogP contribution in [0.15, 0.2) is 10.4 Å². The molecule has 2 rings (SSSR count). The molecule has 0 aromatic carbocycles. The highest BCUT2D eigenvalue weighted by molar-refractivity contribution is 14.0. The van der Waals surface area contributed by atoms with Crippen molar-refractivity contribution in [3.8, 4) is 0 Å². The molecule has 1 aromatic rings. The number of aliphatic imine (C=N–C) groups is 1. The number of guanidine groups is 1. The van der Waals surface area contributed by atoms with Crippen LogP contribution in [0.3, 0.4) is 0 Å². The fourth-order valence-corrected chi connectivity index (χ4v) is 3.72. The average molecular weight is 526 g/mol. The van der Waals surface area contributed by atoms with Crippen LogP contribution in [0.1, 0.15) is 43.5 Å². The van der Waals surface area contributed by atoms with E-state index in [0.717, 1.165) is 62.0 Å². The number of thiazole rings is 1. The number of hydrogen-bond donors (Lipinski definition) is 1. The predicted octanol–water partition coefficient (Wildman–Crippen LogP) is 2.98. The summed E-state index contributed by atoms with van der Waals surface area (Å²) in [5, 5.41) is 6.51. The summed E-state index contributed by atoms with van der Waals surface area (Å²) < 4.78 is 10.6. The van der Waals surface area contributed by atoms with Crippen LogP contribution < -0.4 is 5.32 Å². The molecule has 1 aliphatic rings. The summed E-state index contributed by atoms with van der Waals surface area (Å²) in [6.45, 7) is 9.23. The molecule has 1 heterocycles. The Kier molecular flexibility index (Phi) is 12.5.